The van der Waals surface area contributed by atoms with Crippen molar-refractivity contribution in [2.75, 3.05) is 44.1 Å². The van der Waals surface area contributed by atoms with Crippen LogP contribution in [0.5, 0.6) is 23.0 Å². The summed E-state index contributed by atoms with van der Waals surface area (Å²) in [5.74, 6) is 1.32. The Bertz CT molecular complexity index is 1680. The number of aromatic nitrogens is 3. The van der Waals surface area contributed by atoms with Gasteiger partial charge in [-0.15, -0.1) is 10.2 Å². The molecular weight excluding hydrogens is 650 g/mol. The second-order valence-corrected chi connectivity index (χ2v) is 11.0. The van der Waals surface area contributed by atoms with Gasteiger partial charge >= 0.3 is 5.97 Å². The number of ether oxygens (including phenoxy) is 5. The highest BCUT2D eigenvalue weighted by atomic mass is 32.2. The van der Waals surface area contributed by atoms with Gasteiger partial charge < -0.3 is 34.3 Å². The van der Waals surface area contributed by atoms with E-state index in [0.29, 0.717) is 82.9 Å². The molecule has 0 aliphatic rings. The molecular formula is C35H41N5O8S. The molecule has 260 valence electrons. The Hall–Kier alpha value is -5.24. The van der Waals surface area contributed by atoms with Gasteiger partial charge in [-0.05, 0) is 95.3 Å². The SMILES string of the molecule is CCOC(=O)c1ccc(NC(=O)CSc2nnc(CNC(=O)c3cc(OCC)c(OCC)c(OCC)c3)n2-c2ccc(OCC)cc2)cc1. The standard InChI is InChI=1S/C35H41N5O8S/c1-6-44-27-17-15-26(16-18-27)40-30(21-36-33(42)24-19-28(45-7-2)32(47-9-4)29(20-24)46-8-3)38-39-35(40)49-22-31(41)37-25-13-11-23(12-14-25)34(43)48-10-5/h11-20H,6-10,21-22H2,1-5H3,(H,36,42)(H,37,41). The van der Waals surface area contributed by atoms with E-state index in [4.69, 9.17) is 23.7 Å². The van der Waals surface area contributed by atoms with Gasteiger partial charge in [0.25, 0.3) is 5.91 Å². The monoisotopic (exact) mass is 691 g/mol. The fourth-order valence-corrected chi connectivity index (χ4v) is 5.41. The minimum Gasteiger partial charge on any atom is -0.494 e. The van der Waals surface area contributed by atoms with Gasteiger partial charge in [0.1, 0.15) is 5.75 Å². The molecule has 0 saturated heterocycles. The van der Waals surface area contributed by atoms with Crippen LogP contribution in [0.4, 0.5) is 5.69 Å². The summed E-state index contributed by atoms with van der Waals surface area (Å²) in [5, 5.41) is 14.9. The van der Waals surface area contributed by atoms with Crippen LogP contribution in [-0.4, -0.2) is 71.3 Å². The van der Waals surface area contributed by atoms with Gasteiger partial charge in [-0.2, -0.15) is 0 Å². The molecule has 0 unspecified atom stereocenters. The number of carbonyl (C=O) groups excluding carboxylic acids is 3. The van der Waals surface area contributed by atoms with E-state index in [1.165, 1.54) is 11.8 Å². The molecule has 0 aliphatic heterocycles. The van der Waals surface area contributed by atoms with E-state index in [0.717, 1.165) is 0 Å². The number of amides is 2. The van der Waals surface area contributed by atoms with E-state index in [1.54, 1.807) is 47.9 Å². The largest absolute Gasteiger partial charge is 0.494 e. The minimum absolute atomic E-state index is 0.0216. The molecule has 4 rings (SSSR count). The first-order valence-corrected chi connectivity index (χ1v) is 17.0. The van der Waals surface area contributed by atoms with Gasteiger partial charge in [0.15, 0.2) is 22.5 Å². The van der Waals surface area contributed by atoms with E-state index < -0.39 is 5.97 Å². The Labute approximate surface area is 289 Å². The van der Waals surface area contributed by atoms with E-state index in [2.05, 4.69) is 20.8 Å². The second kappa shape index (κ2) is 18.3. The number of hydrogen-bond acceptors (Lipinski definition) is 11. The van der Waals surface area contributed by atoms with Crippen LogP contribution >= 0.6 is 11.8 Å². The third kappa shape index (κ3) is 9.89. The Morgan fingerprint density at radius 3 is 1.96 bits per heavy atom. The van der Waals surface area contributed by atoms with Crippen molar-refractivity contribution in [2.24, 2.45) is 0 Å². The lowest BCUT2D eigenvalue weighted by atomic mass is 10.1. The van der Waals surface area contributed by atoms with Crippen LogP contribution < -0.4 is 29.6 Å². The van der Waals surface area contributed by atoms with Crippen molar-refractivity contribution in [1.82, 2.24) is 20.1 Å². The number of nitrogens with zero attached hydrogens (tertiary/aromatic N) is 3. The summed E-state index contributed by atoms with van der Waals surface area (Å²) in [6, 6.07) is 17.0. The van der Waals surface area contributed by atoms with Crippen LogP contribution in [0.2, 0.25) is 0 Å². The molecule has 0 bridgehead atoms. The van der Waals surface area contributed by atoms with Gasteiger partial charge in [0.05, 0.1) is 50.9 Å². The lowest BCUT2D eigenvalue weighted by Gasteiger charge is -2.17. The summed E-state index contributed by atoms with van der Waals surface area (Å²) >= 11 is 1.18. The zero-order valence-corrected chi connectivity index (χ0v) is 29.1. The van der Waals surface area contributed by atoms with Crippen molar-refractivity contribution in [3.63, 3.8) is 0 Å². The summed E-state index contributed by atoms with van der Waals surface area (Å²) < 4.78 is 29.7. The summed E-state index contributed by atoms with van der Waals surface area (Å²) in [7, 11) is 0. The lowest BCUT2D eigenvalue weighted by Crippen LogP contribution is -2.25. The Morgan fingerprint density at radius 2 is 1.37 bits per heavy atom. The Kier molecular flexibility index (Phi) is 13.7. The van der Waals surface area contributed by atoms with Crippen molar-refractivity contribution < 1.29 is 38.1 Å². The zero-order valence-electron chi connectivity index (χ0n) is 28.2. The van der Waals surface area contributed by atoms with Gasteiger partial charge in [0.2, 0.25) is 11.7 Å². The second-order valence-electron chi connectivity index (χ2n) is 10.1. The molecule has 49 heavy (non-hydrogen) atoms. The van der Waals surface area contributed by atoms with Crippen LogP contribution in [0.1, 0.15) is 61.2 Å². The maximum atomic E-state index is 13.4. The summed E-state index contributed by atoms with van der Waals surface area (Å²) in [6.45, 7) is 11.2. The van der Waals surface area contributed by atoms with E-state index >= 15 is 0 Å². The first-order valence-electron chi connectivity index (χ1n) is 16.0. The summed E-state index contributed by atoms with van der Waals surface area (Å²) in [4.78, 5) is 38.2. The highest BCUT2D eigenvalue weighted by molar-refractivity contribution is 7.99. The zero-order chi connectivity index (χ0) is 35.2. The van der Waals surface area contributed by atoms with Crippen molar-refractivity contribution >= 4 is 35.2 Å². The first-order chi connectivity index (χ1) is 23.8. The Balaban J connectivity index is 1.53. The van der Waals surface area contributed by atoms with Crippen LogP contribution in [-0.2, 0) is 16.1 Å². The van der Waals surface area contributed by atoms with Crippen molar-refractivity contribution in [2.45, 2.75) is 46.3 Å². The number of rotatable bonds is 18. The molecule has 14 heteroatoms. The molecule has 0 radical (unpaired) electrons. The molecule has 0 aliphatic carbocycles. The van der Waals surface area contributed by atoms with Gasteiger partial charge in [-0.25, -0.2) is 4.79 Å². The van der Waals surface area contributed by atoms with E-state index in [1.807, 2.05) is 52.0 Å². The number of esters is 1. The maximum absolute atomic E-state index is 13.4. The fourth-order valence-electron chi connectivity index (χ4n) is 4.64. The number of nitrogens with one attached hydrogen (secondary N) is 2. The number of hydrogen-bond donors (Lipinski definition) is 2. The number of thioether (sulfide) groups is 1. The lowest BCUT2D eigenvalue weighted by molar-refractivity contribution is -0.113. The van der Waals surface area contributed by atoms with E-state index in [-0.39, 0.29) is 30.7 Å². The summed E-state index contributed by atoms with van der Waals surface area (Å²) in [6.07, 6.45) is 0. The van der Waals surface area contributed by atoms with Crippen molar-refractivity contribution in [3.05, 3.63) is 77.6 Å². The molecule has 4 aromatic rings. The molecule has 0 spiro atoms. The van der Waals surface area contributed by atoms with Crippen molar-refractivity contribution in [3.8, 4) is 28.7 Å². The van der Waals surface area contributed by atoms with Crippen LogP contribution in [0.3, 0.4) is 0 Å². The highest BCUT2D eigenvalue weighted by Gasteiger charge is 2.21. The highest BCUT2D eigenvalue weighted by Crippen LogP contribution is 2.39. The molecule has 1 aromatic heterocycles. The molecule has 1 heterocycles. The summed E-state index contributed by atoms with van der Waals surface area (Å²) in [5.41, 5.74) is 1.96. The quantitative estimate of drug-likeness (QED) is 0.0977. The number of carbonyl (C=O) groups is 3. The maximum Gasteiger partial charge on any atom is 0.338 e. The molecule has 0 saturated carbocycles. The average molecular weight is 692 g/mol. The normalized spacial score (nSPS) is 10.6. The fraction of sp³-hybridized carbons (Fsp3) is 0.343. The Morgan fingerprint density at radius 1 is 0.735 bits per heavy atom. The molecule has 2 amide bonds. The van der Waals surface area contributed by atoms with E-state index in [9.17, 15) is 14.4 Å². The van der Waals surface area contributed by atoms with Crippen LogP contribution in [0.25, 0.3) is 5.69 Å². The predicted molar refractivity (Wildman–Crippen MR) is 185 cm³/mol. The molecule has 0 atom stereocenters. The van der Waals surface area contributed by atoms with Gasteiger partial charge in [-0.3, -0.25) is 14.2 Å². The van der Waals surface area contributed by atoms with Gasteiger partial charge in [-0.1, -0.05) is 11.8 Å². The molecule has 13 nitrogen and oxygen atoms in total. The third-order valence-corrected chi connectivity index (χ3v) is 7.63. The van der Waals surface area contributed by atoms with Crippen molar-refractivity contribution in [1.29, 1.82) is 0 Å². The third-order valence-electron chi connectivity index (χ3n) is 6.70. The predicted octanol–water partition coefficient (Wildman–Crippen LogP) is 5.70. The minimum atomic E-state index is -0.429. The smallest absolute Gasteiger partial charge is 0.338 e. The van der Waals surface area contributed by atoms with Crippen LogP contribution in [0.15, 0.2) is 65.8 Å². The van der Waals surface area contributed by atoms with Gasteiger partial charge in [0, 0.05) is 16.9 Å². The molecule has 3 aromatic carbocycles. The number of anilines is 1. The molecule has 2 N–H and O–H groups in total. The average Bonchev–Trinajstić information content (AvgIpc) is 3.51. The topological polar surface area (TPSA) is 152 Å². The first kappa shape index (κ1) is 36.6. The van der Waals surface area contributed by atoms with Crippen LogP contribution in [0, 0.1) is 0 Å². The number of benzene rings is 3. The molecule has 0 fully saturated rings.